The Morgan fingerprint density at radius 3 is 2.39 bits per heavy atom. The van der Waals surface area contributed by atoms with Crippen LogP contribution in [0, 0.1) is 0 Å². The number of anilines is 1. The summed E-state index contributed by atoms with van der Waals surface area (Å²) < 4.78 is 6.50. The van der Waals surface area contributed by atoms with Gasteiger partial charge in [0.15, 0.2) is 12.0 Å². The molecule has 7 atom stereocenters. The van der Waals surface area contributed by atoms with Crippen LogP contribution in [0.1, 0.15) is 35.5 Å². The van der Waals surface area contributed by atoms with E-state index in [0.717, 1.165) is 27.7 Å². The number of carbonyl (C=O) groups is 6. The molecule has 4 aromatic rings. The van der Waals surface area contributed by atoms with E-state index in [1.165, 1.54) is 19.1 Å². The summed E-state index contributed by atoms with van der Waals surface area (Å²) in [6.07, 6.45) is -3.94. The number of fused-ring (bicyclic) bond motifs is 1. The first-order chi connectivity index (χ1) is 27.1. The van der Waals surface area contributed by atoms with Gasteiger partial charge in [-0.05, 0) is 30.7 Å². The number of benzene rings is 2. The number of para-hydroxylation sites is 1. The van der Waals surface area contributed by atoms with Crippen LogP contribution in [0.25, 0.3) is 10.9 Å². The minimum atomic E-state index is -1.66. The molecule has 3 heterocycles. The number of ether oxygens (including phenoxy) is 1. The average Bonchev–Trinajstić information content (AvgIpc) is 3.70. The monoisotopic (exact) mass is 790 g/mol. The quantitative estimate of drug-likeness (QED) is 0.0513. The van der Waals surface area contributed by atoms with Gasteiger partial charge in [-0.1, -0.05) is 30.3 Å². The number of Topliss-reactive ketones (excluding diaryl/α,β-unsaturated/α-hetero) is 1. The number of amides is 6. The average molecular weight is 791 g/mol. The number of nitrogens with one attached hydrogen (secondary N) is 7. The molecule has 13 N–H and O–H groups in total. The number of nitrogens with zero attached hydrogens (tertiary/aromatic N) is 1. The van der Waals surface area contributed by atoms with E-state index in [2.05, 4.69) is 31.6 Å². The van der Waals surface area contributed by atoms with Gasteiger partial charge in [-0.3, -0.25) is 38.3 Å². The Labute approximate surface area is 322 Å². The van der Waals surface area contributed by atoms with Crippen molar-refractivity contribution in [3.05, 3.63) is 99.0 Å². The van der Waals surface area contributed by atoms with Gasteiger partial charge in [-0.15, -0.1) is 0 Å². The highest BCUT2D eigenvalue weighted by Gasteiger charge is 2.44. The zero-order chi connectivity index (χ0) is 41.4. The molecule has 1 saturated heterocycles. The van der Waals surface area contributed by atoms with E-state index in [9.17, 15) is 48.6 Å². The molecule has 0 saturated carbocycles. The highest BCUT2D eigenvalue weighted by atomic mass is 16.6. The lowest BCUT2D eigenvalue weighted by molar-refractivity contribution is -0.131. The molecule has 1 aliphatic heterocycles. The fraction of sp³-hybridized carbons (Fsp3) is 0.333. The number of nitrogens with two attached hydrogens (primary N) is 2. The van der Waals surface area contributed by atoms with Crippen molar-refractivity contribution in [2.75, 3.05) is 18.4 Å². The van der Waals surface area contributed by atoms with Crippen molar-refractivity contribution in [3.8, 4) is 0 Å². The number of primary amides is 1. The molecule has 2 aromatic heterocycles. The molecule has 1 aliphatic rings. The smallest absolute Gasteiger partial charge is 0.330 e. The van der Waals surface area contributed by atoms with Gasteiger partial charge in [0.2, 0.25) is 23.6 Å². The van der Waals surface area contributed by atoms with Crippen LogP contribution in [-0.4, -0.2) is 110 Å². The first-order valence-corrected chi connectivity index (χ1v) is 17.6. The minimum Gasteiger partial charge on any atom is -0.387 e. The van der Waals surface area contributed by atoms with Gasteiger partial charge in [-0.25, -0.2) is 9.59 Å². The minimum absolute atomic E-state index is 0.0908. The molecule has 0 aliphatic carbocycles. The van der Waals surface area contributed by atoms with E-state index >= 15 is 0 Å². The SMILES string of the molecule is CC(=O)c1cccc(NC(=O)N[C@@H](Cc2c[nH]c3ccccc23)C(=O)N[C@@H](CNC(=O)[C@@H](N)CC(N)=O)C(=O)NC[C@H]2O[C@@H](n3ccc(=O)[nH]c3=O)[C@H](O)[C@@H]2O)c1. The Morgan fingerprint density at radius 1 is 0.912 bits per heavy atom. The van der Waals surface area contributed by atoms with Crippen LogP contribution in [0.15, 0.2) is 76.6 Å². The van der Waals surface area contributed by atoms with Crippen LogP contribution in [-0.2, 0) is 30.3 Å². The van der Waals surface area contributed by atoms with Gasteiger partial charge in [0.1, 0.15) is 30.4 Å². The summed E-state index contributed by atoms with van der Waals surface area (Å²) in [6, 6.07) is 9.19. The lowest BCUT2D eigenvalue weighted by Gasteiger charge is -2.25. The predicted molar refractivity (Wildman–Crippen MR) is 201 cm³/mol. The van der Waals surface area contributed by atoms with Gasteiger partial charge in [-0.2, -0.15) is 0 Å². The second-order valence-electron chi connectivity index (χ2n) is 13.2. The molecular weight excluding hydrogens is 748 g/mol. The van der Waals surface area contributed by atoms with Crippen molar-refractivity contribution in [2.45, 2.75) is 62.4 Å². The van der Waals surface area contributed by atoms with Crippen LogP contribution < -0.4 is 49.3 Å². The molecule has 1 fully saturated rings. The van der Waals surface area contributed by atoms with Crippen molar-refractivity contribution >= 4 is 52.0 Å². The molecule has 2 aromatic carbocycles. The summed E-state index contributed by atoms with van der Waals surface area (Å²) in [5, 5.41) is 34.6. The normalized spacial score (nSPS) is 19.2. The maximum Gasteiger partial charge on any atom is 0.330 e. The van der Waals surface area contributed by atoms with E-state index in [0.29, 0.717) is 11.1 Å². The third-order valence-corrected chi connectivity index (χ3v) is 9.06. The lowest BCUT2D eigenvalue weighted by atomic mass is 10.0. The van der Waals surface area contributed by atoms with E-state index in [-0.39, 0.29) is 17.9 Å². The number of ketones is 1. The van der Waals surface area contributed by atoms with Crippen molar-refractivity contribution in [1.29, 1.82) is 0 Å². The molecular formula is C36H42N10O11. The van der Waals surface area contributed by atoms with E-state index in [4.69, 9.17) is 16.2 Å². The maximum absolute atomic E-state index is 14.0. The zero-order valence-electron chi connectivity index (χ0n) is 30.4. The predicted octanol–water partition coefficient (Wildman–Crippen LogP) is -2.81. The number of aliphatic hydroxyl groups is 2. The van der Waals surface area contributed by atoms with E-state index in [1.54, 1.807) is 36.5 Å². The van der Waals surface area contributed by atoms with Crippen molar-refractivity contribution in [2.24, 2.45) is 11.5 Å². The number of aliphatic hydroxyl groups excluding tert-OH is 2. The van der Waals surface area contributed by atoms with Gasteiger partial charge < -0.3 is 58.0 Å². The molecule has 0 unspecified atom stereocenters. The van der Waals surface area contributed by atoms with Gasteiger partial charge in [0, 0.05) is 60.1 Å². The lowest BCUT2D eigenvalue weighted by Crippen LogP contribution is -2.59. The number of rotatable bonds is 16. The fourth-order valence-corrected chi connectivity index (χ4v) is 6.08. The number of hydrogen-bond donors (Lipinski definition) is 11. The summed E-state index contributed by atoms with van der Waals surface area (Å²) in [5.74, 6) is -3.80. The molecule has 6 amide bonds. The van der Waals surface area contributed by atoms with Crippen LogP contribution in [0.3, 0.4) is 0 Å². The molecule has 0 bridgehead atoms. The Balaban J connectivity index is 1.35. The molecule has 21 heteroatoms. The van der Waals surface area contributed by atoms with Gasteiger partial charge >= 0.3 is 11.7 Å². The van der Waals surface area contributed by atoms with Gasteiger partial charge in [0.05, 0.1) is 12.5 Å². The van der Waals surface area contributed by atoms with Crippen LogP contribution in [0.2, 0.25) is 0 Å². The number of urea groups is 1. The van der Waals surface area contributed by atoms with Crippen molar-refractivity contribution in [1.82, 2.24) is 35.8 Å². The second-order valence-corrected chi connectivity index (χ2v) is 13.2. The molecule has 0 spiro atoms. The largest absolute Gasteiger partial charge is 0.387 e. The van der Waals surface area contributed by atoms with Gasteiger partial charge in [0.25, 0.3) is 5.56 Å². The Bertz CT molecular complexity index is 2270. The first kappa shape index (κ1) is 41.5. The Kier molecular flexibility index (Phi) is 13.3. The van der Waals surface area contributed by atoms with Crippen LogP contribution >= 0.6 is 0 Å². The first-order valence-electron chi connectivity index (χ1n) is 17.6. The van der Waals surface area contributed by atoms with Crippen molar-refractivity contribution < 1.29 is 43.7 Å². The molecule has 57 heavy (non-hydrogen) atoms. The maximum atomic E-state index is 14.0. The molecule has 21 nitrogen and oxygen atoms in total. The number of carbonyl (C=O) groups excluding carboxylic acids is 6. The fourth-order valence-electron chi connectivity index (χ4n) is 6.08. The molecule has 0 radical (unpaired) electrons. The van der Waals surface area contributed by atoms with Crippen molar-refractivity contribution in [3.63, 3.8) is 0 Å². The van der Waals surface area contributed by atoms with E-state index < -0.39 is 103 Å². The summed E-state index contributed by atoms with van der Waals surface area (Å²) in [5.41, 5.74) is 11.2. The van der Waals surface area contributed by atoms with Crippen LogP contribution in [0.4, 0.5) is 10.5 Å². The third-order valence-electron chi connectivity index (χ3n) is 9.06. The highest BCUT2D eigenvalue weighted by Crippen LogP contribution is 2.28. The number of hydrogen-bond acceptors (Lipinski definition) is 12. The number of aromatic nitrogens is 3. The highest BCUT2D eigenvalue weighted by molar-refractivity contribution is 5.98. The zero-order valence-corrected chi connectivity index (χ0v) is 30.4. The summed E-state index contributed by atoms with van der Waals surface area (Å²) in [4.78, 5) is 106. The second kappa shape index (κ2) is 18.3. The third kappa shape index (κ3) is 10.5. The number of H-pyrrole nitrogens is 2. The Morgan fingerprint density at radius 2 is 1.67 bits per heavy atom. The standard InChI is InChI=1S/C36H42N10O11/c1-17(47)18-5-4-6-20(11-18)42-35(55)44-24(12-19-14-39-23-8-3-2-7-21(19)23)33(54)43-25(15-40-31(52)22(37)13-27(38)48)32(53)41-16-26-29(50)30(51)34(57-26)46-10-9-28(49)45-36(46)56/h2-11,14,22,24-26,29-30,34,39,50-51H,12-13,15-16,37H2,1H3,(H2,38,48)(H,40,52)(H,41,53)(H,43,54)(H2,42,44,55)(H,45,49,56)/t22-,24-,25-,26+,29+,30+,34+/m0/s1. The van der Waals surface area contributed by atoms with Crippen LogP contribution in [0.5, 0.6) is 0 Å². The summed E-state index contributed by atoms with van der Waals surface area (Å²) in [7, 11) is 0. The topological polar surface area (TPSA) is 335 Å². The summed E-state index contributed by atoms with van der Waals surface area (Å²) in [6.45, 7) is 0.298. The Hall–Kier alpha value is -6.68. The summed E-state index contributed by atoms with van der Waals surface area (Å²) >= 11 is 0. The van der Waals surface area contributed by atoms with E-state index in [1.807, 2.05) is 11.1 Å². The molecule has 302 valence electrons. The molecule has 5 rings (SSSR count). The number of aromatic amines is 2.